The second-order valence-corrected chi connectivity index (χ2v) is 10.5. The summed E-state index contributed by atoms with van der Waals surface area (Å²) in [5.41, 5.74) is 5.52. The van der Waals surface area contributed by atoms with E-state index < -0.39 is 18.3 Å². The summed E-state index contributed by atoms with van der Waals surface area (Å²) in [5.74, 6) is 0. The van der Waals surface area contributed by atoms with E-state index >= 15 is 0 Å². The molecule has 0 bridgehead atoms. The SMILES string of the molecule is CC1(C)OB(c2ccccc2-c2cnn(-c3ccccc3)c2-c2ccccc2I)OC1(C)C. The van der Waals surface area contributed by atoms with Crippen LogP contribution in [0.1, 0.15) is 27.7 Å². The van der Waals surface area contributed by atoms with E-state index in [2.05, 4.69) is 105 Å². The van der Waals surface area contributed by atoms with Crippen molar-refractivity contribution in [2.24, 2.45) is 0 Å². The zero-order valence-corrected chi connectivity index (χ0v) is 21.4. The van der Waals surface area contributed by atoms with Crippen LogP contribution in [0.5, 0.6) is 0 Å². The smallest absolute Gasteiger partial charge is 0.399 e. The van der Waals surface area contributed by atoms with E-state index in [1.165, 1.54) is 3.57 Å². The first-order chi connectivity index (χ1) is 15.8. The van der Waals surface area contributed by atoms with Crippen molar-refractivity contribution in [2.45, 2.75) is 38.9 Å². The number of nitrogens with zero attached hydrogens (tertiary/aromatic N) is 2. The molecule has 4 aromatic rings. The van der Waals surface area contributed by atoms with Crippen molar-refractivity contribution in [1.82, 2.24) is 9.78 Å². The topological polar surface area (TPSA) is 36.3 Å². The van der Waals surface area contributed by atoms with E-state index in [0.717, 1.165) is 33.5 Å². The van der Waals surface area contributed by atoms with Gasteiger partial charge in [-0.1, -0.05) is 60.7 Å². The lowest BCUT2D eigenvalue weighted by atomic mass is 9.74. The molecule has 33 heavy (non-hydrogen) atoms. The number of hydrogen-bond donors (Lipinski definition) is 0. The average molecular weight is 548 g/mol. The summed E-state index contributed by atoms with van der Waals surface area (Å²) in [7, 11) is -0.450. The average Bonchev–Trinajstić information content (AvgIpc) is 3.32. The quantitative estimate of drug-likeness (QED) is 0.228. The Morgan fingerprint density at radius 1 is 0.727 bits per heavy atom. The van der Waals surface area contributed by atoms with Gasteiger partial charge >= 0.3 is 7.12 Å². The molecule has 166 valence electrons. The van der Waals surface area contributed by atoms with Gasteiger partial charge in [0.2, 0.25) is 0 Å². The Labute approximate surface area is 209 Å². The maximum atomic E-state index is 6.42. The fourth-order valence-corrected chi connectivity index (χ4v) is 4.78. The predicted octanol–water partition coefficient (Wildman–Crippen LogP) is 6.11. The zero-order chi connectivity index (χ0) is 23.2. The molecule has 4 nitrogen and oxygen atoms in total. The maximum Gasteiger partial charge on any atom is 0.495 e. The molecule has 0 spiro atoms. The van der Waals surface area contributed by atoms with Crippen LogP contribution in [0, 0.1) is 3.57 Å². The number of halogens is 1. The van der Waals surface area contributed by atoms with E-state index in [9.17, 15) is 0 Å². The second-order valence-electron chi connectivity index (χ2n) is 9.31. The van der Waals surface area contributed by atoms with Crippen LogP contribution < -0.4 is 5.46 Å². The molecule has 6 heteroatoms. The molecule has 1 aliphatic heterocycles. The van der Waals surface area contributed by atoms with Crippen LogP contribution in [0.4, 0.5) is 0 Å². The molecule has 1 aromatic heterocycles. The molecule has 0 saturated carbocycles. The number of para-hydroxylation sites is 1. The number of aromatic nitrogens is 2. The maximum absolute atomic E-state index is 6.42. The third-order valence-corrected chi connectivity index (χ3v) is 7.60. The minimum Gasteiger partial charge on any atom is -0.399 e. The molecule has 0 radical (unpaired) electrons. The highest BCUT2D eigenvalue weighted by atomic mass is 127. The highest BCUT2D eigenvalue weighted by Gasteiger charge is 2.52. The van der Waals surface area contributed by atoms with Crippen LogP contribution in [0.25, 0.3) is 28.1 Å². The molecule has 3 aromatic carbocycles. The Morgan fingerprint density at radius 3 is 1.97 bits per heavy atom. The monoisotopic (exact) mass is 548 g/mol. The minimum absolute atomic E-state index is 0.406. The van der Waals surface area contributed by atoms with Crippen LogP contribution in [-0.2, 0) is 9.31 Å². The Balaban J connectivity index is 1.71. The number of rotatable bonds is 4. The summed E-state index contributed by atoms with van der Waals surface area (Å²) in [5, 5.41) is 4.84. The lowest BCUT2D eigenvalue weighted by Crippen LogP contribution is -2.41. The van der Waals surface area contributed by atoms with Gasteiger partial charge in [-0.2, -0.15) is 5.10 Å². The van der Waals surface area contributed by atoms with Gasteiger partial charge in [0.05, 0.1) is 28.8 Å². The lowest BCUT2D eigenvalue weighted by Gasteiger charge is -2.32. The van der Waals surface area contributed by atoms with Crippen molar-refractivity contribution < 1.29 is 9.31 Å². The fourth-order valence-electron chi connectivity index (χ4n) is 4.14. The van der Waals surface area contributed by atoms with Crippen molar-refractivity contribution in [3.05, 3.63) is 88.6 Å². The number of benzene rings is 3. The van der Waals surface area contributed by atoms with Gasteiger partial charge in [0.1, 0.15) is 0 Å². The fraction of sp³-hybridized carbons (Fsp3) is 0.222. The van der Waals surface area contributed by atoms with E-state index in [1.54, 1.807) is 0 Å². The van der Waals surface area contributed by atoms with Crippen molar-refractivity contribution >= 4 is 35.2 Å². The second kappa shape index (κ2) is 8.42. The van der Waals surface area contributed by atoms with Gasteiger partial charge in [0, 0.05) is 14.7 Å². The van der Waals surface area contributed by atoms with Crippen LogP contribution in [0.2, 0.25) is 0 Å². The first kappa shape index (κ1) is 22.4. The Morgan fingerprint density at radius 2 is 1.30 bits per heavy atom. The molecule has 2 heterocycles. The summed E-state index contributed by atoms with van der Waals surface area (Å²) < 4.78 is 16.0. The molecule has 1 saturated heterocycles. The molecule has 0 atom stereocenters. The summed E-state index contributed by atoms with van der Waals surface area (Å²) in [6, 6.07) is 27.0. The molecule has 1 aliphatic rings. The molecule has 5 rings (SSSR count). The molecular formula is C27H26BIN2O2. The molecule has 0 amide bonds. The third kappa shape index (κ3) is 3.94. The summed E-state index contributed by atoms with van der Waals surface area (Å²) >= 11 is 2.40. The summed E-state index contributed by atoms with van der Waals surface area (Å²) in [4.78, 5) is 0. The van der Waals surface area contributed by atoms with Gasteiger partial charge in [0.15, 0.2) is 0 Å². The molecule has 0 aliphatic carbocycles. The van der Waals surface area contributed by atoms with Crippen molar-refractivity contribution in [2.75, 3.05) is 0 Å². The van der Waals surface area contributed by atoms with Gasteiger partial charge < -0.3 is 9.31 Å². The van der Waals surface area contributed by atoms with Crippen molar-refractivity contribution in [3.8, 4) is 28.1 Å². The molecule has 1 fully saturated rings. The van der Waals surface area contributed by atoms with Gasteiger partial charge in [-0.15, -0.1) is 0 Å². The van der Waals surface area contributed by atoms with Crippen LogP contribution in [0.15, 0.2) is 85.1 Å². The van der Waals surface area contributed by atoms with Crippen LogP contribution in [-0.4, -0.2) is 28.1 Å². The zero-order valence-electron chi connectivity index (χ0n) is 19.2. The standard InChI is InChI=1S/C27H26BIN2O2/c1-26(2)27(3,4)33-28(32-26)23-16-10-8-14-20(23)22-18-30-31(19-12-6-5-7-13-19)25(22)21-15-9-11-17-24(21)29/h5-18H,1-4H3. The highest BCUT2D eigenvalue weighted by Crippen LogP contribution is 2.39. The van der Waals surface area contributed by atoms with Gasteiger partial charge in [-0.05, 0) is 79.5 Å². The highest BCUT2D eigenvalue weighted by molar-refractivity contribution is 14.1. The van der Waals surface area contributed by atoms with E-state index in [4.69, 9.17) is 14.4 Å². The van der Waals surface area contributed by atoms with Gasteiger partial charge in [0.25, 0.3) is 0 Å². The van der Waals surface area contributed by atoms with Gasteiger partial charge in [-0.3, -0.25) is 0 Å². The molecule has 0 unspecified atom stereocenters. The van der Waals surface area contributed by atoms with Crippen molar-refractivity contribution in [1.29, 1.82) is 0 Å². The molecular weight excluding hydrogens is 522 g/mol. The van der Waals surface area contributed by atoms with E-state index in [-0.39, 0.29) is 0 Å². The third-order valence-electron chi connectivity index (χ3n) is 6.66. The first-order valence-corrected chi connectivity index (χ1v) is 12.2. The van der Waals surface area contributed by atoms with Crippen LogP contribution >= 0.6 is 22.6 Å². The van der Waals surface area contributed by atoms with Gasteiger partial charge in [-0.25, -0.2) is 4.68 Å². The van der Waals surface area contributed by atoms with Crippen LogP contribution in [0.3, 0.4) is 0 Å². The first-order valence-electron chi connectivity index (χ1n) is 11.1. The van der Waals surface area contributed by atoms with E-state index in [0.29, 0.717) is 0 Å². The Hall–Kier alpha value is -2.42. The Kier molecular flexibility index (Phi) is 5.71. The summed E-state index contributed by atoms with van der Waals surface area (Å²) in [6.07, 6.45) is 1.95. The lowest BCUT2D eigenvalue weighted by molar-refractivity contribution is 0.00578. The minimum atomic E-state index is -0.450. The molecule has 0 N–H and O–H groups in total. The van der Waals surface area contributed by atoms with E-state index in [1.807, 2.05) is 35.1 Å². The largest absolute Gasteiger partial charge is 0.495 e. The Bertz CT molecular complexity index is 1280. The number of hydrogen-bond acceptors (Lipinski definition) is 3. The summed E-state index contributed by atoms with van der Waals surface area (Å²) in [6.45, 7) is 8.34. The van der Waals surface area contributed by atoms with Crippen molar-refractivity contribution in [3.63, 3.8) is 0 Å². The normalized spacial score (nSPS) is 16.8. The predicted molar refractivity (Wildman–Crippen MR) is 143 cm³/mol.